The molecule has 1 aromatic carbocycles. The molecule has 1 aliphatic rings. The van der Waals surface area contributed by atoms with Gasteiger partial charge in [-0.3, -0.25) is 24.3 Å². The maximum absolute atomic E-state index is 13.3. The number of thiophene rings is 1. The summed E-state index contributed by atoms with van der Waals surface area (Å²) in [5, 5.41) is 3.67. The Bertz CT molecular complexity index is 1530. The molecule has 0 aliphatic carbocycles. The molecular formula is C25H27N5O4S2. The van der Waals surface area contributed by atoms with Gasteiger partial charge in [-0.15, -0.1) is 11.3 Å². The number of piperidine rings is 1. The fraction of sp³-hybridized carbons (Fsp3) is 0.400. The number of nitrogens with one attached hydrogen (secondary N) is 1. The van der Waals surface area contributed by atoms with Gasteiger partial charge in [-0.05, 0) is 48.9 Å². The fourth-order valence-corrected chi connectivity index (χ4v) is 6.76. The van der Waals surface area contributed by atoms with Gasteiger partial charge >= 0.3 is 0 Å². The number of hydrogen-bond acceptors (Lipinski definition) is 8. The van der Waals surface area contributed by atoms with E-state index >= 15 is 0 Å². The second kappa shape index (κ2) is 9.62. The molecule has 5 rings (SSSR count). The molecule has 9 nitrogen and oxygen atoms in total. The van der Waals surface area contributed by atoms with Gasteiger partial charge < -0.3 is 9.64 Å². The van der Waals surface area contributed by atoms with E-state index in [2.05, 4.69) is 29.1 Å². The molecule has 188 valence electrons. The van der Waals surface area contributed by atoms with E-state index in [1.807, 2.05) is 23.1 Å². The van der Waals surface area contributed by atoms with Gasteiger partial charge in [0.25, 0.3) is 11.5 Å². The van der Waals surface area contributed by atoms with Crippen LogP contribution < -0.4 is 15.6 Å². The highest BCUT2D eigenvalue weighted by atomic mass is 32.1. The second-order valence-electron chi connectivity index (χ2n) is 9.47. The van der Waals surface area contributed by atoms with Gasteiger partial charge in [-0.1, -0.05) is 25.2 Å². The van der Waals surface area contributed by atoms with Crippen molar-refractivity contribution in [2.24, 2.45) is 11.8 Å². The van der Waals surface area contributed by atoms with E-state index in [9.17, 15) is 14.4 Å². The van der Waals surface area contributed by atoms with Crippen LogP contribution in [0.4, 0.5) is 5.13 Å². The van der Waals surface area contributed by atoms with Crippen LogP contribution in [0.2, 0.25) is 0 Å². The molecule has 1 fully saturated rings. The van der Waals surface area contributed by atoms with Crippen molar-refractivity contribution in [1.29, 1.82) is 0 Å². The first-order chi connectivity index (χ1) is 17.2. The molecule has 2 atom stereocenters. The van der Waals surface area contributed by atoms with E-state index in [1.54, 1.807) is 14.0 Å². The van der Waals surface area contributed by atoms with Crippen molar-refractivity contribution in [2.75, 3.05) is 25.5 Å². The summed E-state index contributed by atoms with van der Waals surface area (Å²) in [5.74, 6) is 1.16. The van der Waals surface area contributed by atoms with E-state index in [0.717, 1.165) is 33.7 Å². The molecule has 11 heteroatoms. The number of carbonyl (C=O) groups is 2. The fourth-order valence-electron chi connectivity index (χ4n) is 4.84. The molecule has 0 radical (unpaired) electrons. The first-order valence-electron chi connectivity index (χ1n) is 11.8. The summed E-state index contributed by atoms with van der Waals surface area (Å²) >= 11 is 2.51. The normalized spacial score (nSPS) is 18.1. The second-order valence-corrected chi connectivity index (χ2v) is 11.5. The molecular weight excluding hydrogens is 498 g/mol. The van der Waals surface area contributed by atoms with Crippen molar-refractivity contribution in [3.63, 3.8) is 0 Å². The number of aromatic nitrogens is 3. The quantitative estimate of drug-likeness (QED) is 0.420. The molecule has 0 unspecified atom stereocenters. The molecule has 0 saturated carbocycles. The number of aryl methyl sites for hydroxylation is 1. The molecule has 3 aromatic heterocycles. The number of methoxy groups -OCH3 is 1. The van der Waals surface area contributed by atoms with E-state index < -0.39 is 0 Å². The number of rotatable bonds is 5. The Morgan fingerprint density at radius 3 is 2.67 bits per heavy atom. The van der Waals surface area contributed by atoms with E-state index in [0.29, 0.717) is 50.7 Å². The Morgan fingerprint density at radius 2 is 1.94 bits per heavy atom. The minimum Gasteiger partial charge on any atom is -0.497 e. The number of fused-ring (bicyclic) bond motifs is 2. The van der Waals surface area contributed by atoms with Crippen LogP contribution in [0.15, 0.2) is 29.3 Å². The predicted molar refractivity (Wildman–Crippen MR) is 142 cm³/mol. The van der Waals surface area contributed by atoms with Crippen molar-refractivity contribution in [2.45, 2.75) is 33.7 Å². The lowest BCUT2D eigenvalue weighted by atomic mass is 9.92. The van der Waals surface area contributed by atoms with Crippen LogP contribution in [0.5, 0.6) is 5.75 Å². The van der Waals surface area contributed by atoms with Crippen molar-refractivity contribution in [1.82, 2.24) is 19.4 Å². The average molecular weight is 526 g/mol. The third kappa shape index (κ3) is 4.60. The number of hydrogen-bond donors (Lipinski definition) is 1. The summed E-state index contributed by atoms with van der Waals surface area (Å²) in [4.78, 5) is 50.9. The third-order valence-electron chi connectivity index (χ3n) is 6.47. The zero-order valence-corrected chi connectivity index (χ0v) is 22.2. The zero-order chi connectivity index (χ0) is 25.6. The topological polar surface area (TPSA) is 106 Å². The number of thiazole rings is 1. The molecule has 0 spiro atoms. The highest BCUT2D eigenvalue weighted by molar-refractivity contribution is 7.23. The minimum atomic E-state index is -0.347. The van der Waals surface area contributed by atoms with Gasteiger partial charge in [0.15, 0.2) is 5.13 Å². The highest BCUT2D eigenvalue weighted by Crippen LogP contribution is 2.31. The molecule has 2 amide bonds. The average Bonchev–Trinajstić information content (AvgIpc) is 3.39. The number of anilines is 1. The molecule has 1 N–H and O–H groups in total. The van der Waals surface area contributed by atoms with Gasteiger partial charge in [0, 0.05) is 13.1 Å². The Labute approximate surface area is 215 Å². The predicted octanol–water partition coefficient (Wildman–Crippen LogP) is 4.14. The summed E-state index contributed by atoms with van der Waals surface area (Å²) < 4.78 is 7.49. The number of likely N-dealkylation sites (tertiary alicyclic amines) is 1. The lowest BCUT2D eigenvalue weighted by Crippen LogP contribution is -2.44. The summed E-state index contributed by atoms with van der Waals surface area (Å²) in [5.41, 5.74) is 0.997. The highest BCUT2D eigenvalue weighted by Gasteiger charge is 2.26. The van der Waals surface area contributed by atoms with E-state index in [4.69, 9.17) is 4.74 Å². The van der Waals surface area contributed by atoms with Crippen molar-refractivity contribution in [3.8, 4) is 5.75 Å². The smallest absolute Gasteiger partial charge is 0.267 e. The van der Waals surface area contributed by atoms with Gasteiger partial charge in [-0.2, -0.15) is 0 Å². The standard InChI is InChI=1S/C25H27N5O4S2/c1-13-7-14(2)10-29(9-13)19(31)11-30-12-26-23-20(24(30)33)15(3)21(36-23)22(32)28-25-27-17-6-5-16(34-4)8-18(17)35-25/h5-6,8,12-14H,7,9-11H2,1-4H3,(H,27,28,32)/t13-,14-/m0/s1. The van der Waals surface area contributed by atoms with Gasteiger partial charge in [0.05, 0.1) is 33.9 Å². The van der Waals surface area contributed by atoms with Crippen LogP contribution >= 0.6 is 22.7 Å². The maximum atomic E-state index is 13.3. The number of amides is 2. The monoisotopic (exact) mass is 525 g/mol. The van der Waals surface area contributed by atoms with Crippen molar-refractivity contribution >= 4 is 60.1 Å². The Morgan fingerprint density at radius 1 is 1.19 bits per heavy atom. The minimum absolute atomic E-state index is 0.0623. The Balaban J connectivity index is 1.38. The van der Waals surface area contributed by atoms with Crippen LogP contribution in [0.1, 0.15) is 35.5 Å². The van der Waals surface area contributed by atoms with Crippen LogP contribution in [0, 0.1) is 18.8 Å². The first kappa shape index (κ1) is 24.4. The molecule has 0 bridgehead atoms. The zero-order valence-electron chi connectivity index (χ0n) is 20.5. The number of nitrogens with zero attached hydrogens (tertiary/aromatic N) is 4. The van der Waals surface area contributed by atoms with Crippen LogP contribution in [0.3, 0.4) is 0 Å². The molecule has 4 heterocycles. The van der Waals surface area contributed by atoms with Gasteiger partial charge in [0.1, 0.15) is 17.1 Å². The maximum Gasteiger partial charge on any atom is 0.267 e. The van der Waals surface area contributed by atoms with Crippen LogP contribution in [-0.4, -0.2) is 51.4 Å². The largest absolute Gasteiger partial charge is 0.497 e. The van der Waals surface area contributed by atoms with E-state index in [1.165, 1.54) is 22.2 Å². The lowest BCUT2D eigenvalue weighted by Gasteiger charge is -2.35. The lowest BCUT2D eigenvalue weighted by molar-refractivity contribution is -0.134. The number of benzene rings is 1. The van der Waals surface area contributed by atoms with Crippen molar-refractivity contribution < 1.29 is 14.3 Å². The molecule has 1 aliphatic heterocycles. The summed E-state index contributed by atoms with van der Waals surface area (Å²) in [6.07, 6.45) is 2.50. The molecule has 4 aromatic rings. The van der Waals surface area contributed by atoms with Gasteiger partial charge in [-0.25, -0.2) is 9.97 Å². The summed E-state index contributed by atoms with van der Waals surface area (Å²) in [6.45, 7) is 7.36. The van der Waals surface area contributed by atoms with Crippen molar-refractivity contribution in [3.05, 3.63) is 45.3 Å². The van der Waals surface area contributed by atoms with Gasteiger partial charge in [0.2, 0.25) is 5.91 Å². The SMILES string of the molecule is COc1ccc2nc(NC(=O)c3sc4ncn(CC(=O)N5C[C@@H](C)C[C@H](C)C5)c(=O)c4c3C)sc2c1. The number of carbonyl (C=O) groups excluding carboxylic acids is 2. The van der Waals surface area contributed by atoms with Crippen LogP contribution in [0.25, 0.3) is 20.4 Å². The van der Waals surface area contributed by atoms with Crippen LogP contribution in [-0.2, 0) is 11.3 Å². The summed E-state index contributed by atoms with van der Waals surface area (Å²) in [6, 6.07) is 5.52. The summed E-state index contributed by atoms with van der Waals surface area (Å²) in [7, 11) is 1.60. The molecule has 36 heavy (non-hydrogen) atoms. The Kier molecular flexibility index (Phi) is 6.52. The third-order valence-corrected chi connectivity index (χ3v) is 8.60. The Hall–Kier alpha value is -3.31. The first-order valence-corrected chi connectivity index (χ1v) is 13.4. The van der Waals surface area contributed by atoms with E-state index in [-0.39, 0.29) is 23.9 Å². The molecule has 1 saturated heterocycles. The number of ether oxygens (including phenoxy) is 1.